The van der Waals surface area contributed by atoms with E-state index in [0.717, 1.165) is 5.01 Å². The number of amides is 1. The first-order valence-electron chi connectivity index (χ1n) is 6.71. The maximum absolute atomic E-state index is 12.4. The van der Waals surface area contributed by atoms with Crippen molar-refractivity contribution in [2.75, 3.05) is 5.73 Å². The monoisotopic (exact) mass is 305 g/mol. The molecule has 0 saturated carbocycles. The van der Waals surface area contributed by atoms with Crippen LogP contribution in [0.4, 0.5) is 5.69 Å². The molecule has 22 heavy (non-hydrogen) atoms. The van der Waals surface area contributed by atoms with Gasteiger partial charge in [-0.1, -0.05) is 6.07 Å². The smallest absolute Gasteiger partial charge is 0.269 e. The van der Waals surface area contributed by atoms with Gasteiger partial charge in [0.05, 0.1) is 11.1 Å². The second-order valence-electron chi connectivity index (χ2n) is 5.01. The van der Waals surface area contributed by atoms with E-state index in [-0.39, 0.29) is 41.2 Å². The Kier molecular flexibility index (Phi) is 5.94. The summed E-state index contributed by atoms with van der Waals surface area (Å²) >= 11 is 0. The lowest BCUT2D eigenvalue weighted by molar-refractivity contribution is -0.122. The summed E-state index contributed by atoms with van der Waals surface area (Å²) in [7, 11) is 0. The number of carbonyl (C=O) groups excluding carboxylic acids is 4. The fourth-order valence-electron chi connectivity index (χ4n) is 2.06. The summed E-state index contributed by atoms with van der Waals surface area (Å²) in [6.45, 7) is 2.68. The number of anilines is 1. The van der Waals surface area contributed by atoms with Crippen LogP contribution in [-0.4, -0.2) is 34.8 Å². The molecule has 1 rings (SSSR count). The van der Waals surface area contributed by atoms with E-state index in [1.54, 1.807) is 0 Å². The molecular weight excluding hydrogens is 286 g/mol. The van der Waals surface area contributed by atoms with Crippen molar-refractivity contribution in [1.82, 2.24) is 5.01 Å². The molecule has 0 bridgehead atoms. The standard InChI is InChI=1S/C15H19N3O4/c1-9(20)6-7-14(10(2)21)18(17)15(22)11-4-3-5-13(16)12(11)8-19/h3-5,8,14H,6-7,16-17H2,1-2H3. The quantitative estimate of drug-likeness (QED) is 0.251. The van der Waals surface area contributed by atoms with Gasteiger partial charge in [-0.05, 0) is 32.4 Å². The minimum absolute atomic E-state index is 0.0200. The number of hydrogen-bond acceptors (Lipinski definition) is 6. The average Bonchev–Trinajstić information content (AvgIpc) is 2.45. The molecule has 1 unspecified atom stereocenters. The molecule has 4 N–H and O–H groups in total. The van der Waals surface area contributed by atoms with Crippen LogP contribution < -0.4 is 11.6 Å². The van der Waals surface area contributed by atoms with Gasteiger partial charge >= 0.3 is 0 Å². The van der Waals surface area contributed by atoms with Gasteiger partial charge < -0.3 is 10.5 Å². The number of aldehydes is 1. The highest BCUT2D eigenvalue weighted by Gasteiger charge is 2.27. The Balaban J connectivity index is 3.09. The van der Waals surface area contributed by atoms with Crippen molar-refractivity contribution in [2.45, 2.75) is 32.7 Å². The summed E-state index contributed by atoms with van der Waals surface area (Å²) in [5.41, 5.74) is 5.84. The largest absolute Gasteiger partial charge is 0.398 e. The van der Waals surface area contributed by atoms with E-state index in [0.29, 0.717) is 6.29 Å². The van der Waals surface area contributed by atoms with E-state index in [4.69, 9.17) is 11.6 Å². The predicted octanol–water partition coefficient (Wildman–Crippen LogP) is 0.724. The highest BCUT2D eigenvalue weighted by molar-refractivity contribution is 6.05. The van der Waals surface area contributed by atoms with Gasteiger partial charge in [-0.2, -0.15) is 0 Å². The van der Waals surface area contributed by atoms with Crippen LogP contribution in [0.1, 0.15) is 47.4 Å². The fraction of sp³-hybridized carbons (Fsp3) is 0.333. The number of nitrogen functional groups attached to an aromatic ring is 1. The fourth-order valence-corrected chi connectivity index (χ4v) is 2.06. The number of nitrogens with two attached hydrogens (primary N) is 2. The topological polar surface area (TPSA) is 124 Å². The minimum Gasteiger partial charge on any atom is -0.398 e. The number of benzene rings is 1. The second-order valence-corrected chi connectivity index (χ2v) is 5.01. The molecule has 118 valence electrons. The summed E-state index contributed by atoms with van der Waals surface area (Å²) in [5.74, 6) is 4.61. The van der Waals surface area contributed by atoms with Crippen LogP contribution in [0.2, 0.25) is 0 Å². The molecule has 1 aromatic carbocycles. The first-order valence-corrected chi connectivity index (χ1v) is 6.71. The summed E-state index contributed by atoms with van der Waals surface area (Å²) < 4.78 is 0. The van der Waals surface area contributed by atoms with E-state index in [1.807, 2.05) is 0 Å². The molecule has 1 aromatic rings. The molecule has 0 aliphatic heterocycles. The van der Waals surface area contributed by atoms with Crippen LogP contribution in [0.3, 0.4) is 0 Å². The molecule has 1 amide bonds. The molecule has 0 radical (unpaired) electrons. The Morgan fingerprint density at radius 2 is 1.91 bits per heavy atom. The Hall–Kier alpha value is -2.54. The van der Waals surface area contributed by atoms with Gasteiger partial charge in [0.15, 0.2) is 12.1 Å². The third kappa shape index (κ3) is 3.98. The molecule has 0 spiro atoms. The van der Waals surface area contributed by atoms with Gasteiger partial charge in [0.25, 0.3) is 5.91 Å². The lowest BCUT2D eigenvalue weighted by Gasteiger charge is -2.25. The number of nitrogens with zero attached hydrogens (tertiary/aromatic N) is 1. The van der Waals surface area contributed by atoms with Crippen molar-refractivity contribution in [2.24, 2.45) is 5.84 Å². The summed E-state index contributed by atoms with van der Waals surface area (Å²) in [4.78, 5) is 46.2. The third-order valence-electron chi connectivity index (χ3n) is 3.30. The van der Waals surface area contributed by atoms with Crippen molar-refractivity contribution >= 4 is 29.4 Å². The van der Waals surface area contributed by atoms with Crippen LogP contribution in [0.5, 0.6) is 0 Å². The second kappa shape index (κ2) is 7.46. The Morgan fingerprint density at radius 1 is 1.27 bits per heavy atom. The zero-order chi connectivity index (χ0) is 16.9. The van der Waals surface area contributed by atoms with E-state index in [1.165, 1.54) is 32.0 Å². The van der Waals surface area contributed by atoms with Crippen molar-refractivity contribution in [1.29, 1.82) is 0 Å². The van der Waals surface area contributed by atoms with E-state index in [9.17, 15) is 19.2 Å². The molecule has 7 nitrogen and oxygen atoms in total. The van der Waals surface area contributed by atoms with Gasteiger partial charge in [-0.15, -0.1) is 0 Å². The molecule has 0 aliphatic carbocycles. The van der Waals surface area contributed by atoms with Gasteiger partial charge in [-0.25, -0.2) is 5.84 Å². The number of ketones is 2. The third-order valence-corrected chi connectivity index (χ3v) is 3.30. The molecule has 0 saturated heterocycles. The first kappa shape index (κ1) is 17.5. The van der Waals surface area contributed by atoms with Crippen LogP contribution >= 0.6 is 0 Å². The van der Waals surface area contributed by atoms with Crippen LogP contribution in [0.15, 0.2) is 18.2 Å². The van der Waals surface area contributed by atoms with Crippen molar-refractivity contribution in [3.05, 3.63) is 29.3 Å². The Labute approximate surface area is 128 Å². The Bertz CT molecular complexity index is 613. The molecular formula is C15H19N3O4. The van der Waals surface area contributed by atoms with E-state index in [2.05, 4.69) is 0 Å². The maximum atomic E-state index is 12.4. The average molecular weight is 305 g/mol. The highest BCUT2D eigenvalue weighted by atomic mass is 16.2. The number of carbonyl (C=O) groups is 4. The summed E-state index contributed by atoms with van der Waals surface area (Å²) in [6, 6.07) is 3.48. The van der Waals surface area contributed by atoms with Gasteiger partial charge in [0, 0.05) is 12.1 Å². The predicted molar refractivity (Wildman–Crippen MR) is 81.0 cm³/mol. The summed E-state index contributed by atoms with van der Waals surface area (Å²) in [5, 5.41) is 0.757. The van der Waals surface area contributed by atoms with Crippen molar-refractivity contribution < 1.29 is 19.2 Å². The lowest BCUT2D eigenvalue weighted by atomic mass is 10.0. The van der Waals surface area contributed by atoms with Gasteiger partial charge in [-0.3, -0.25) is 19.4 Å². The van der Waals surface area contributed by atoms with E-state index >= 15 is 0 Å². The zero-order valence-electron chi connectivity index (χ0n) is 12.5. The number of rotatable bonds is 7. The van der Waals surface area contributed by atoms with Crippen LogP contribution in [0, 0.1) is 0 Å². The highest BCUT2D eigenvalue weighted by Crippen LogP contribution is 2.18. The lowest BCUT2D eigenvalue weighted by Crippen LogP contribution is -2.49. The van der Waals surface area contributed by atoms with Crippen LogP contribution in [-0.2, 0) is 9.59 Å². The van der Waals surface area contributed by atoms with E-state index < -0.39 is 11.9 Å². The normalized spacial score (nSPS) is 11.6. The molecule has 0 aliphatic rings. The summed E-state index contributed by atoms with van der Waals surface area (Å²) in [6.07, 6.45) is 0.725. The van der Waals surface area contributed by atoms with Gasteiger partial charge in [0.2, 0.25) is 0 Å². The van der Waals surface area contributed by atoms with Gasteiger partial charge in [0.1, 0.15) is 11.8 Å². The zero-order valence-corrected chi connectivity index (χ0v) is 12.5. The Morgan fingerprint density at radius 3 is 2.41 bits per heavy atom. The maximum Gasteiger partial charge on any atom is 0.269 e. The molecule has 0 heterocycles. The van der Waals surface area contributed by atoms with Crippen molar-refractivity contribution in [3.8, 4) is 0 Å². The number of hydrazine groups is 1. The number of hydrogen-bond donors (Lipinski definition) is 2. The van der Waals surface area contributed by atoms with Crippen molar-refractivity contribution in [3.63, 3.8) is 0 Å². The first-order chi connectivity index (χ1) is 10.3. The molecule has 7 heteroatoms. The molecule has 1 atom stereocenters. The van der Waals surface area contributed by atoms with Crippen LogP contribution in [0.25, 0.3) is 0 Å². The molecule has 0 fully saturated rings. The minimum atomic E-state index is -0.933. The SMILES string of the molecule is CC(=O)CCC(C(C)=O)N(N)C(=O)c1cccc(N)c1C=O. The molecule has 0 aromatic heterocycles. The number of Topliss-reactive ketones (excluding diaryl/α,β-unsaturated/α-hetero) is 2.